The molecule has 0 bridgehead atoms. The van der Waals surface area contributed by atoms with E-state index >= 15 is 0 Å². The van der Waals surface area contributed by atoms with E-state index in [4.69, 9.17) is 0 Å². The van der Waals surface area contributed by atoms with Crippen molar-refractivity contribution < 1.29 is 9.59 Å². The number of allylic oxidation sites excluding steroid dienone is 1. The van der Waals surface area contributed by atoms with Gasteiger partial charge in [0.05, 0.1) is 0 Å². The molecule has 0 radical (unpaired) electrons. The molecule has 1 saturated heterocycles. The second-order valence-corrected chi connectivity index (χ2v) is 5.10. The summed E-state index contributed by atoms with van der Waals surface area (Å²) in [6.45, 7) is 4.94. The predicted octanol–water partition coefficient (Wildman–Crippen LogP) is 1.08. The Kier molecular flexibility index (Phi) is 3.22. The quantitative estimate of drug-likeness (QED) is 0.745. The molecule has 1 heterocycles. The summed E-state index contributed by atoms with van der Waals surface area (Å²) in [4.78, 5) is 26.0. The lowest BCUT2D eigenvalue weighted by Crippen LogP contribution is -2.56. The number of carbonyl (C=O) groups is 2. The number of rotatable bonds is 3. The van der Waals surface area contributed by atoms with Crippen molar-refractivity contribution in [2.45, 2.75) is 38.6 Å². The van der Waals surface area contributed by atoms with Crippen molar-refractivity contribution in [2.24, 2.45) is 5.92 Å². The van der Waals surface area contributed by atoms with Crippen LogP contribution in [0.15, 0.2) is 12.2 Å². The van der Waals surface area contributed by atoms with Gasteiger partial charge in [-0.15, -0.1) is 0 Å². The number of hydrogen-bond acceptors (Lipinski definition) is 2. The third kappa shape index (κ3) is 2.35. The topological polar surface area (TPSA) is 49.4 Å². The Bertz CT molecular complexity index is 360. The molecular formula is C13H20N2O2. The summed E-state index contributed by atoms with van der Waals surface area (Å²) in [6.07, 6.45) is 6.38. The Morgan fingerprint density at radius 1 is 1.47 bits per heavy atom. The van der Waals surface area contributed by atoms with E-state index in [0.29, 0.717) is 25.4 Å². The fourth-order valence-corrected chi connectivity index (χ4v) is 2.42. The van der Waals surface area contributed by atoms with Gasteiger partial charge in [0.2, 0.25) is 11.8 Å². The zero-order valence-electron chi connectivity index (χ0n) is 10.5. The summed E-state index contributed by atoms with van der Waals surface area (Å²) in [7, 11) is 0. The second kappa shape index (κ2) is 4.51. The second-order valence-electron chi connectivity index (χ2n) is 5.10. The minimum atomic E-state index is -0.671. The molecule has 4 nitrogen and oxygen atoms in total. The highest BCUT2D eigenvalue weighted by Crippen LogP contribution is 2.41. The van der Waals surface area contributed by atoms with Crippen molar-refractivity contribution in [1.82, 2.24) is 10.2 Å². The van der Waals surface area contributed by atoms with E-state index in [0.717, 1.165) is 12.8 Å². The number of nitrogens with one attached hydrogen (secondary N) is 1. The Labute approximate surface area is 102 Å². The molecule has 17 heavy (non-hydrogen) atoms. The third-order valence-electron chi connectivity index (χ3n) is 3.69. The fraction of sp³-hybridized carbons (Fsp3) is 0.692. The minimum Gasteiger partial charge on any atom is -0.342 e. The molecule has 1 unspecified atom stereocenters. The molecule has 1 aliphatic carbocycles. The third-order valence-corrected chi connectivity index (χ3v) is 3.69. The van der Waals surface area contributed by atoms with E-state index in [-0.39, 0.29) is 11.8 Å². The van der Waals surface area contributed by atoms with Gasteiger partial charge in [0.25, 0.3) is 0 Å². The molecular weight excluding hydrogens is 216 g/mol. The van der Waals surface area contributed by atoms with Crippen LogP contribution in [0.5, 0.6) is 0 Å². The van der Waals surface area contributed by atoms with Crippen LogP contribution in [0.2, 0.25) is 0 Å². The molecule has 2 aliphatic rings. The minimum absolute atomic E-state index is 0.00396. The average Bonchev–Trinajstić information content (AvgIpc) is 3.11. The maximum Gasteiger partial charge on any atom is 0.248 e. The number of nitrogens with zero attached hydrogens (tertiary/aromatic N) is 1. The van der Waals surface area contributed by atoms with Crippen molar-refractivity contribution >= 4 is 11.8 Å². The molecule has 4 heteroatoms. The molecule has 0 spiro atoms. The van der Waals surface area contributed by atoms with Gasteiger partial charge in [-0.1, -0.05) is 12.2 Å². The van der Waals surface area contributed by atoms with Gasteiger partial charge in [0.1, 0.15) is 5.54 Å². The van der Waals surface area contributed by atoms with Gasteiger partial charge in [-0.05, 0) is 32.6 Å². The van der Waals surface area contributed by atoms with Crippen molar-refractivity contribution in [3.05, 3.63) is 12.2 Å². The zero-order valence-corrected chi connectivity index (χ0v) is 10.5. The van der Waals surface area contributed by atoms with Crippen LogP contribution in [0.4, 0.5) is 0 Å². The maximum atomic E-state index is 12.5. The van der Waals surface area contributed by atoms with Crippen LogP contribution in [-0.2, 0) is 9.59 Å². The molecule has 0 aromatic carbocycles. The average molecular weight is 236 g/mol. The van der Waals surface area contributed by atoms with Crippen LogP contribution in [-0.4, -0.2) is 35.3 Å². The lowest BCUT2D eigenvalue weighted by atomic mass is 9.94. The number of carbonyl (C=O) groups excluding carboxylic acids is 2. The van der Waals surface area contributed by atoms with Crippen molar-refractivity contribution in [3.63, 3.8) is 0 Å². The molecule has 1 saturated carbocycles. The van der Waals surface area contributed by atoms with Gasteiger partial charge in [-0.3, -0.25) is 9.59 Å². The standard InChI is InChI=1S/C13H20N2O2/c1-3-4-8-15-9-7-11(16)14-13(2,12(15)17)10-5-6-10/h3-4,10H,5-9H2,1-2H3,(H,14,16)/b4-3+. The van der Waals surface area contributed by atoms with Gasteiger partial charge >= 0.3 is 0 Å². The lowest BCUT2D eigenvalue weighted by molar-refractivity contribution is -0.138. The first-order valence-corrected chi connectivity index (χ1v) is 6.29. The molecule has 1 aliphatic heterocycles. The Morgan fingerprint density at radius 2 is 2.18 bits per heavy atom. The molecule has 0 aromatic rings. The Morgan fingerprint density at radius 3 is 2.76 bits per heavy atom. The van der Waals surface area contributed by atoms with Gasteiger partial charge < -0.3 is 10.2 Å². The maximum absolute atomic E-state index is 12.5. The highest BCUT2D eigenvalue weighted by molar-refractivity contribution is 5.93. The summed E-state index contributed by atoms with van der Waals surface area (Å²) in [6, 6.07) is 0. The summed E-state index contributed by atoms with van der Waals surface area (Å²) in [5, 5.41) is 2.92. The molecule has 2 fully saturated rings. The first-order chi connectivity index (χ1) is 8.08. The van der Waals surface area contributed by atoms with Crippen LogP contribution in [0.1, 0.15) is 33.1 Å². The summed E-state index contributed by atoms with van der Waals surface area (Å²) in [5.41, 5.74) is -0.671. The van der Waals surface area contributed by atoms with E-state index in [1.54, 1.807) is 4.90 Å². The normalized spacial score (nSPS) is 30.6. The molecule has 94 valence electrons. The molecule has 0 aromatic heterocycles. The number of amides is 2. The first kappa shape index (κ1) is 12.1. The lowest BCUT2D eigenvalue weighted by Gasteiger charge is -2.31. The molecule has 1 N–H and O–H groups in total. The molecule has 2 rings (SSSR count). The van der Waals surface area contributed by atoms with Crippen molar-refractivity contribution in [2.75, 3.05) is 13.1 Å². The molecule has 1 atom stereocenters. The van der Waals surface area contributed by atoms with Crippen LogP contribution < -0.4 is 5.32 Å². The predicted molar refractivity (Wildman–Crippen MR) is 65.3 cm³/mol. The van der Waals surface area contributed by atoms with E-state index in [1.807, 2.05) is 26.0 Å². The Balaban J connectivity index is 2.19. The van der Waals surface area contributed by atoms with Gasteiger partial charge in [0, 0.05) is 19.5 Å². The van der Waals surface area contributed by atoms with Gasteiger partial charge in [-0.2, -0.15) is 0 Å². The summed E-state index contributed by atoms with van der Waals surface area (Å²) in [5.74, 6) is 0.393. The van der Waals surface area contributed by atoms with E-state index < -0.39 is 5.54 Å². The monoisotopic (exact) mass is 236 g/mol. The molecule has 2 amide bonds. The van der Waals surface area contributed by atoms with E-state index in [1.165, 1.54) is 0 Å². The van der Waals surface area contributed by atoms with Gasteiger partial charge in [0.15, 0.2) is 0 Å². The Hall–Kier alpha value is -1.32. The van der Waals surface area contributed by atoms with Crippen molar-refractivity contribution in [1.29, 1.82) is 0 Å². The van der Waals surface area contributed by atoms with Crippen molar-refractivity contribution in [3.8, 4) is 0 Å². The first-order valence-electron chi connectivity index (χ1n) is 6.29. The van der Waals surface area contributed by atoms with Crippen LogP contribution in [0, 0.1) is 5.92 Å². The van der Waals surface area contributed by atoms with E-state index in [9.17, 15) is 9.59 Å². The van der Waals surface area contributed by atoms with Crippen LogP contribution in [0.25, 0.3) is 0 Å². The smallest absolute Gasteiger partial charge is 0.248 e. The zero-order chi connectivity index (χ0) is 12.5. The number of hydrogen-bond donors (Lipinski definition) is 1. The highest BCUT2D eigenvalue weighted by atomic mass is 16.2. The highest BCUT2D eigenvalue weighted by Gasteiger charge is 2.50. The van der Waals surface area contributed by atoms with Crippen LogP contribution in [0.3, 0.4) is 0 Å². The SMILES string of the molecule is C/C=C/CN1CCC(=O)NC(C)(C2CC2)C1=O. The van der Waals surface area contributed by atoms with Gasteiger partial charge in [-0.25, -0.2) is 0 Å². The largest absolute Gasteiger partial charge is 0.342 e. The van der Waals surface area contributed by atoms with E-state index in [2.05, 4.69) is 5.32 Å². The summed E-state index contributed by atoms with van der Waals surface area (Å²) < 4.78 is 0. The fourth-order valence-electron chi connectivity index (χ4n) is 2.42. The summed E-state index contributed by atoms with van der Waals surface area (Å²) >= 11 is 0. The van der Waals surface area contributed by atoms with Crippen LogP contribution >= 0.6 is 0 Å².